The predicted octanol–water partition coefficient (Wildman–Crippen LogP) is 4.03. The van der Waals surface area contributed by atoms with Crippen LogP contribution in [0.5, 0.6) is 0 Å². The summed E-state index contributed by atoms with van der Waals surface area (Å²) < 4.78 is 0.715. The van der Waals surface area contributed by atoms with Crippen molar-refractivity contribution in [2.45, 2.75) is 13.8 Å². The van der Waals surface area contributed by atoms with Crippen LogP contribution >= 0.6 is 15.9 Å². The topological polar surface area (TPSA) is 60.9 Å². The predicted molar refractivity (Wildman–Crippen MR) is 115 cm³/mol. The van der Waals surface area contributed by atoms with Gasteiger partial charge in [-0.2, -0.15) is 0 Å². The van der Waals surface area contributed by atoms with Crippen molar-refractivity contribution >= 4 is 38.8 Å². The van der Waals surface area contributed by atoms with Gasteiger partial charge in [0.25, 0.3) is 0 Å². The number of halogens is 1. The molecule has 0 aromatic heterocycles. The third-order valence-corrected chi connectivity index (χ3v) is 5.69. The first-order chi connectivity index (χ1) is 13.3. The first kappa shape index (κ1) is 20.1. The van der Waals surface area contributed by atoms with Gasteiger partial charge < -0.3 is 14.9 Å². The Bertz CT molecular complexity index is 979. The molecular weight excluding hydrogens is 420 g/mol. The molecule has 0 saturated carbocycles. The Morgan fingerprint density at radius 2 is 1.71 bits per heavy atom. The average molecular weight is 443 g/mol. The van der Waals surface area contributed by atoms with E-state index in [2.05, 4.69) is 20.8 Å². The van der Waals surface area contributed by atoms with Gasteiger partial charge in [-0.25, -0.2) is 0 Å². The molecule has 0 amide bonds. The second-order valence-corrected chi connectivity index (χ2v) is 7.69. The van der Waals surface area contributed by atoms with E-state index >= 15 is 0 Å². The van der Waals surface area contributed by atoms with Crippen LogP contribution in [0.4, 0.5) is 5.69 Å². The summed E-state index contributed by atoms with van der Waals surface area (Å²) in [5.41, 5.74) is 2.97. The van der Waals surface area contributed by atoms with Crippen LogP contribution in [0.15, 0.2) is 63.5 Å². The lowest BCUT2D eigenvalue weighted by Crippen LogP contribution is -2.27. The Hall–Kier alpha value is -2.60. The van der Waals surface area contributed by atoms with Crippen LogP contribution in [0.3, 0.4) is 0 Å². The number of hydrogen-bond acceptors (Lipinski definition) is 5. The standard InChI is InChI=1S/C22H23BrN2O3/c1-5-25(6-2)14-8-10-16(18(26)12-14)20-21(27)19(22(20)28)15-9-7-13(24(3)4)11-17(15)23/h7-12,27H,5-6H2,1-4H3/b20-16-. The molecule has 0 heterocycles. The molecule has 1 aromatic carbocycles. The lowest BCUT2D eigenvalue weighted by atomic mass is 9.79. The molecule has 0 spiro atoms. The number of carbonyl (C=O) groups is 2. The van der Waals surface area contributed by atoms with Gasteiger partial charge in [0.15, 0.2) is 5.78 Å². The maximum atomic E-state index is 12.8. The molecule has 1 aromatic rings. The molecule has 0 unspecified atom stereocenters. The van der Waals surface area contributed by atoms with Crippen molar-refractivity contribution < 1.29 is 14.7 Å². The normalized spacial score (nSPS) is 19.0. The van der Waals surface area contributed by atoms with E-state index in [1.165, 1.54) is 6.08 Å². The van der Waals surface area contributed by atoms with Crippen LogP contribution in [-0.2, 0) is 9.59 Å². The van der Waals surface area contributed by atoms with E-state index in [0.717, 1.165) is 24.5 Å². The highest BCUT2D eigenvalue weighted by Crippen LogP contribution is 2.42. The number of hydrogen-bond donors (Lipinski definition) is 1. The van der Waals surface area contributed by atoms with E-state index in [-0.39, 0.29) is 34.0 Å². The molecule has 0 radical (unpaired) electrons. The highest BCUT2D eigenvalue weighted by Gasteiger charge is 2.39. The summed E-state index contributed by atoms with van der Waals surface area (Å²) in [6, 6.07) is 5.56. The summed E-state index contributed by atoms with van der Waals surface area (Å²) >= 11 is 3.48. The highest BCUT2D eigenvalue weighted by atomic mass is 79.9. The summed E-state index contributed by atoms with van der Waals surface area (Å²) in [7, 11) is 3.85. The van der Waals surface area contributed by atoms with Gasteiger partial charge in [0.2, 0.25) is 5.78 Å². The number of anilines is 1. The van der Waals surface area contributed by atoms with Gasteiger partial charge in [-0.3, -0.25) is 9.59 Å². The van der Waals surface area contributed by atoms with Crippen LogP contribution in [-0.4, -0.2) is 48.8 Å². The molecule has 146 valence electrons. The van der Waals surface area contributed by atoms with E-state index in [0.29, 0.717) is 10.0 Å². The lowest BCUT2D eigenvalue weighted by Gasteiger charge is -2.27. The van der Waals surface area contributed by atoms with E-state index in [4.69, 9.17) is 0 Å². The number of ketones is 2. The van der Waals surface area contributed by atoms with Crippen molar-refractivity contribution in [3.8, 4) is 0 Å². The van der Waals surface area contributed by atoms with Crippen LogP contribution in [0.25, 0.3) is 5.57 Å². The SMILES string of the molecule is CCN(CC)C1=CC(=O)/C(=C2\C(=O)C(c3ccc(N(C)C)cc3Br)=C2O)C=C1. The first-order valence-corrected chi connectivity index (χ1v) is 9.98. The monoisotopic (exact) mass is 442 g/mol. The van der Waals surface area contributed by atoms with Crippen LogP contribution in [0.1, 0.15) is 19.4 Å². The Morgan fingerprint density at radius 3 is 2.21 bits per heavy atom. The highest BCUT2D eigenvalue weighted by molar-refractivity contribution is 9.10. The largest absolute Gasteiger partial charge is 0.506 e. The molecule has 1 N–H and O–H groups in total. The molecule has 2 aliphatic rings. The summed E-state index contributed by atoms with van der Waals surface area (Å²) in [6.07, 6.45) is 4.97. The lowest BCUT2D eigenvalue weighted by molar-refractivity contribution is -0.114. The summed E-state index contributed by atoms with van der Waals surface area (Å²) in [5, 5.41) is 10.6. The van der Waals surface area contributed by atoms with Gasteiger partial charge in [0.1, 0.15) is 5.76 Å². The van der Waals surface area contributed by atoms with Crippen molar-refractivity contribution in [3.63, 3.8) is 0 Å². The molecule has 0 aliphatic heterocycles. The quantitative estimate of drug-likeness (QED) is 0.697. The van der Waals surface area contributed by atoms with E-state index in [9.17, 15) is 14.7 Å². The average Bonchev–Trinajstić information content (AvgIpc) is 2.66. The number of aliphatic hydroxyl groups excluding tert-OH is 1. The number of nitrogens with zero attached hydrogens (tertiary/aromatic N) is 2. The van der Waals surface area contributed by atoms with Crippen molar-refractivity contribution in [2.75, 3.05) is 32.1 Å². The summed E-state index contributed by atoms with van der Waals surface area (Å²) in [5.74, 6) is -0.708. The molecule has 0 atom stereocenters. The molecule has 5 nitrogen and oxygen atoms in total. The third-order valence-electron chi connectivity index (χ3n) is 5.03. The molecule has 2 aliphatic carbocycles. The van der Waals surface area contributed by atoms with Gasteiger partial charge in [0, 0.05) is 60.3 Å². The second-order valence-electron chi connectivity index (χ2n) is 6.84. The Morgan fingerprint density at radius 1 is 1.04 bits per heavy atom. The first-order valence-electron chi connectivity index (χ1n) is 9.19. The van der Waals surface area contributed by atoms with Crippen LogP contribution in [0.2, 0.25) is 0 Å². The number of rotatable bonds is 5. The van der Waals surface area contributed by atoms with Gasteiger partial charge >= 0.3 is 0 Å². The van der Waals surface area contributed by atoms with Gasteiger partial charge in [0.05, 0.1) is 11.1 Å². The molecule has 6 heteroatoms. The van der Waals surface area contributed by atoms with Crippen molar-refractivity contribution in [1.29, 1.82) is 0 Å². The van der Waals surface area contributed by atoms with Crippen LogP contribution < -0.4 is 4.90 Å². The maximum Gasteiger partial charge on any atom is 0.201 e. The fourth-order valence-electron chi connectivity index (χ4n) is 3.39. The summed E-state index contributed by atoms with van der Waals surface area (Å²) in [6.45, 7) is 5.62. The van der Waals surface area contributed by atoms with Gasteiger partial charge in [-0.05, 0) is 38.1 Å². The summed E-state index contributed by atoms with van der Waals surface area (Å²) in [4.78, 5) is 29.4. The van der Waals surface area contributed by atoms with Gasteiger partial charge in [-0.1, -0.05) is 22.0 Å². The van der Waals surface area contributed by atoms with E-state index < -0.39 is 0 Å². The number of aliphatic hydroxyl groups is 1. The Labute approximate surface area is 173 Å². The van der Waals surface area contributed by atoms with Crippen molar-refractivity contribution in [1.82, 2.24) is 4.90 Å². The molecular formula is C22H23BrN2O3. The third kappa shape index (κ3) is 3.33. The minimum Gasteiger partial charge on any atom is -0.506 e. The zero-order chi connectivity index (χ0) is 20.6. The number of benzene rings is 1. The molecule has 0 bridgehead atoms. The van der Waals surface area contributed by atoms with Gasteiger partial charge in [-0.15, -0.1) is 0 Å². The zero-order valence-electron chi connectivity index (χ0n) is 16.4. The number of likely N-dealkylation sites (N-methyl/N-ethyl adjacent to an activating group) is 1. The molecule has 0 saturated heterocycles. The van der Waals surface area contributed by atoms with Crippen molar-refractivity contribution in [3.05, 3.63) is 69.1 Å². The number of carbonyl (C=O) groups excluding carboxylic acids is 2. The minimum absolute atomic E-state index is 0.0923. The molecule has 0 fully saturated rings. The fourth-order valence-corrected chi connectivity index (χ4v) is 3.96. The van der Waals surface area contributed by atoms with Crippen molar-refractivity contribution in [2.24, 2.45) is 0 Å². The number of Topliss-reactive ketones (excluding diaryl/α,β-unsaturated/α-hetero) is 1. The Kier molecular flexibility index (Phi) is 5.61. The minimum atomic E-state index is -0.316. The zero-order valence-corrected chi connectivity index (χ0v) is 18.0. The van der Waals surface area contributed by atoms with Crippen LogP contribution in [0, 0.1) is 0 Å². The fraction of sp³-hybridized carbons (Fsp3) is 0.273. The van der Waals surface area contributed by atoms with E-state index in [1.54, 1.807) is 12.1 Å². The smallest absolute Gasteiger partial charge is 0.201 e. The number of allylic oxidation sites excluding steroid dienone is 6. The van der Waals surface area contributed by atoms with E-state index in [1.807, 2.05) is 51.1 Å². The molecule has 28 heavy (non-hydrogen) atoms. The Balaban J connectivity index is 1.98. The maximum absolute atomic E-state index is 12.8. The molecule has 3 rings (SSSR count). The second kappa shape index (κ2) is 7.80.